The number of ether oxygens (including phenoxy) is 1. The third-order valence-corrected chi connectivity index (χ3v) is 5.45. The van der Waals surface area contributed by atoms with Crippen molar-refractivity contribution in [1.82, 2.24) is 9.88 Å². The molecule has 3 nitrogen and oxygen atoms in total. The van der Waals surface area contributed by atoms with Gasteiger partial charge in [-0.25, -0.2) is 0 Å². The number of aromatic nitrogens is 1. The van der Waals surface area contributed by atoms with E-state index in [1.807, 2.05) is 6.07 Å². The molecule has 0 amide bonds. The highest BCUT2D eigenvalue weighted by molar-refractivity contribution is 5.83. The molecule has 2 heterocycles. The topological polar surface area (TPSA) is 28.3 Å². The quantitative estimate of drug-likeness (QED) is 0.713. The normalized spacial score (nSPS) is 18.0. The number of fused-ring (bicyclic) bond motifs is 1. The van der Waals surface area contributed by atoms with Gasteiger partial charge in [-0.3, -0.25) is 0 Å². The molecule has 1 aliphatic rings. The Balaban J connectivity index is 1.34. The fourth-order valence-electron chi connectivity index (χ4n) is 4.12. The molecule has 3 aromatic rings. The zero-order valence-corrected chi connectivity index (χ0v) is 14.9. The molecule has 1 unspecified atom stereocenters. The van der Waals surface area contributed by atoms with Crippen LogP contribution < -0.4 is 4.74 Å². The van der Waals surface area contributed by atoms with E-state index in [0.717, 1.165) is 18.7 Å². The molecule has 3 heteroatoms. The first kappa shape index (κ1) is 16.2. The van der Waals surface area contributed by atoms with Crippen molar-refractivity contribution >= 4 is 10.9 Å². The summed E-state index contributed by atoms with van der Waals surface area (Å²) in [6.07, 6.45) is 5.74. The largest absolute Gasteiger partial charge is 0.496 e. The van der Waals surface area contributed by atoms with Crippen LogP contribution in [0.3, 0.4) is 0 Å². The van der Waals surface area contributed by atoms with Gasteiger partial charge in [-0.1, -0.05) is 36.4 Å². The predicted molar refractivity (Wildman–Crippen MR) is 103 cm³/mol. The standard InChI is InChI=1S/C22H26N2O/c1-25-22-11-5-2-7-17(22)8-6-13-24-14-12-18(16-24)20-15-23-21-10-4-3-9-19(20)21/h2-5,7,9-11,15,18,23H,6,8,12-14,16H2,1H3. The lowest BCUT2D eigenvalue weighted by Gasteiger charge is -2.16. The van der Waals surface area contributed by atoms with Crippen LogP contribution in [0.1, 0.15) is 29.9 Å². The number of nitrogens with zero attached hydrogens (tertiary/aromatic N) is 1. The molecular formula is C22H26N2O. The molecule has 1 fully saturated rings. The first-order valence-corrected chi connectivity index (χ1v) is 9.25. The Bertz CT molecular complexity index is 839. The van der Waals surface area contributed by atoms with E-state index in [2.05, 4.69) is 58.5 Å². The average molecular weight is 334 g/mol. The van der Waals surface area contributed by atoms with E-state index in [1.54, 1.807) is 7.11 Å². The third-order valence-electron chi connectivity index (χ3n) is 5.45. The van der Waals surface area contributed by atoms with E-state index in [-0.39, 0.29) is 0 Å². The zero-order valence-electron chi connectivity index (χ0n) is 14.9. The lowest BCUT2D eigenvalue weighted by Crippen LogP contribution is -2.22. The smallest absolute Gasteiger partial charge is 0.122 e. The van der Waals surface area contributed by atoms with Crippen LogP contribution in [0, 0.1) is 0 Å². The number of H-pyrrole nitrogens is 1. The molecular weight excluding hydrogens is 308 g/mol. The van der Waals surface area contributed by atoms with Gasteiger partial charge in [-0.15, -0.1) is 0 Å². The maximum atomic E-state index is 5.46. The van der Waals surface area contributed by atoms with Crippen LogP contribution in [0.5, 0.6) is 5.75 Å². The van der Waals surface area contributed by atoms with E-state index in [0.29, 0.717) is 5.92 Å². The van der Waals surface area contributed by atoms with Gasteiger partial charge >= 0.3 is 0 Å². The van der Waals surface area contributed by atoms with E-state index >= 15 is 0 Å². The Morgan fingerprint density at radius 2 is 1.96 bits per heavy atom. The molecule has 0 spiro atoms. The van der Waals surface area contributed by atoms with Gasteiger partial charge < -0.3 is 14.6 Å². The minimum atomic E-state index is 0.655. The number of aryl methyl sites for hydroxylation is 1. The maximum Gasteiger partial charge on any atom is 0.122 e. The highest BCUT2D eigenvalue weighted by atomic mass is 16.5. The monoisotopic (exact) mass is 334 g/mol. The van der Waals surface area contributed by atoms with Gasteiger partial charge in [0.25, 0.3) is 0 Å². The molecule has 1 aliphatic heterocycles. The summed E-state index contributed by atoms with van der Waals surface area (Å²) in [5.41, 5.74) is 4.06. The van der Waals surface area contributed by atoms with Crippen molar-refractivity contribution in [3.63, 3.8) is 0 Å². The van der Waals surface area contributed by atoms with Crippen molar-refractivity contribution in [2.45, 2.75) is 25.2 Å². The second-order valence-electron chi connectivity index (χ2n) is 6.99. The average Bonchev–Trinajstić information content (AvgIpc) is 3.28. The van der Waals surface area contributed by atoms with Crippen molar-refractivity contribution in [2.24, 2.45) is 0 Å². The summed E-state index contributed by atoms with van der Waals surface area (Å²) in [5.74, 6) is 1.67. The third kappa shape index (κ3) is 3.42. The Morgan fingerprint density at radius 3 is 2.88 bits per heavy atom. The number of nitrogens with one attached hydrogen (secondary N) is 1. The van der Waals surface area contributed by atoms with Gasteiger partial charge in [0.05, 0.1) is 7.11 Å². The van der Waals surface area contributed by atoms with Crippen LogP contribution in [-0.4, -0.2) is 36.6 Å². The molecule has 0 aliphatic carbocycles. The summed E-state index contributed by atoms with van der Waals surface area (Å²) in [6.45, 7) is 3.54. The first-order chi connectivity index (χ1) is 12.3. The highest BCUT2D eigenvalue weighted by Gasteiger charge is 2.25. The number of para-hydroxylation sites is 2. The molecule has 1 atom stereocenters. The van der Waals surface area contributed by atoms with Gasteiger partial charge in [-0.05, 0) is 61.5 Å². The van der Waals surface area contributed by atoms with Crippen LogP contribution >= 0.6 is 0 Å². The summed E-state index contributed by atoms with van der Waals surface area (Å²) in [5, 5.41) is 1.39. The summed E-state index contributed by atoms with van der Waals surface area (Å²) < 4.78 is 5.46. The maximum absolute atomic E-state index is 5.46. The SMILES string of the molecule is COc1ccccc1CCCN1CCC(c2c[nH]c3ccccc23)C1. The fourth-order valence-corrected chi connectivity index (χ4v) is 4.12. The van der Waals surface area contributed by atoms with Gasteiger partial charge in [0.2, 0.25) is 0 Å². The van der Waals surface area contributed by atoms with Crippen molar-refractivity contribution in [2.75, 3.05) is 26.7 Å². The van der Waals surface area contributed by atoms with E-state index in [4.69, 9.17) is 4.74 Å². The first-order valence-electron chi connectivity index (χ1n) is 9.25. The molecule has 2 aromatic carbocycles. The van der Waals surface area contributed by atoms with Crippen molar-refractivity contribution < 1.29 is 4.74 Å². The Kier molecular flexibility index (Phi) is 4.75. The number of likely N-dealkylation sites (tertiary alicyclic amines) is 1. The van der Waals surface area contributed by atoms with Gasteiger partial charge in [-0.2, -0.15) is 0 Å². The van der Waals surface area contributed by atoms with Crippen molar-refractivity contribution in [3.8, 4) is 5.75 Å². The van der Waals surface area contributed by atoms with Crippen LogP contribution in [0.15, 0.2) is 54.7 Å². The lowest BCUT2D eigenvalue weighted by atomic mass is 9.98. The second-order valence-corrected chi connectivity index (χ2v) is 6.99. The van der Waals surface area contributed by atoms with E-state index in [9.17, 15) is 0 Å². The van der Waals surface area contributed by atoms with Crippen LogP contribution in [0.4, 0.5) is 0 Å². The van der Waals surface area contributed by atoms with Gasteiger partial charge in [0, 0.05) is 23.6 Å². The number of hydrogen-bond acceptors (Lipinski definition) is 2. The Morgan fingerprint density at radius 1 is 1.12 bits per heavy atom. The minimum absolute atomic E-state index is 0.655. The number of hydrogen-bond donors (Lipinski definition) is 1. The van der Waals surface area contributed by atoms with Crippen molar-refractivity contribution in [3.05, 3.63) is 65.9 Å². The van der Waals surface area contributed by atoms with Crippen molar-refractivity contribution in [1.29, 1.82) is 0 Å². The summed E-state index contributed by atoms with van der Waals surface area (Å²) in [4.78, 5) is 6.04. The van der Waals surface area contributed by atoms with Crippen LogP contribution in [0.25, 0.3) is 10.9 Å². The molecule has 1 saturated heterocycles. The molecule has 0 saturated carbocycles. The summed E-state index contributed by atoms with van der Waals surface area (Å²) in [7, 11) is 1.76. The molecule has 4 rings (SSSR count). The number of aromatic amines is 1. The van der Waals surface area contributed by atoms with Crippen LogP contribution in [-0.2, 0) is 6.42 Å². The molecule has 130 valence electrons. The molecule has 25 heavy (non-hydrogen) atoms. The number of methoxy groups -OCH3 is 1. The predicted octanol–water partition coefficient (Wildman–Crippen LogP) is 4.60. The molecule has 0 bridgehead atoms. The zero-order chi connectivity index (χ0) is 17.1. The van der Waals surface area contributed by atoms with Gasteiger partial charge in [0.1, 0.15) is 5.75 Å². The van der Waals surface area contributed by atoms with Gasteiger partial charge in [0.15, 0.2) is 0 Å². The summed E-state index contributed by atoms with van der Waals surface area (Å²) >= 11 is 0. The Labute approximate surface area is 149 Å². The fraction of sp³-hybridized carbons (Fsp3) is 0.364. The lowest BCUT2D eigenvalue weighted by molar-refractivity contribution is 0.328. The van der Waals surface area contributed by atoms with E-state index in [1.165, 1.54) is 48.0 Å². The molecule has 1 aromatic heterocycles. The summed E-state index contributed by atoms with van der Waals surface area (Å²) in [6, 6.07) is 17.0. The molecule has 1 N–H and O–H groups in total. The van der Waals surface area contributed by atoms with E-state index < -0.39 is 0 Å². The second kappa shape index (κ2) is 7.32. The number of benzene rings is 2. The number of rotatable bonds is 6. The molecule has 0 radical (unpaired) electrons. The highest BCUT2D eigenvalue weighted by Crippen LogP contribution is 2.32. The van der Waals surface area contributed by atoms with Crippen LogP contribution in [0.2, 0.25) is 0 Å². The Hall–Kier alpha value is -2.26. The minimum Gasteiger partial charge on any atom is -0.496 e.